The molecule has 1 atom stereocenters. The number of rotatable bonds is 6. The second-order valence-electron chi connectivity index (χ2n) is 7.42. The van der Waals surface area contributed by atoms with E-state index < -0.39 is 0 Å². The maximum absolute atomic E-state index is 12.7. The molecule has 3 heterocycles. The Morgan fingerprint density at radius 1 is 1.34 bits per heavy atom. The van der Waals surface area contributed by atoms with Gasteiger partial charge in [-0.15, -0.1) is 11.3 Å². The molecule has 1 saturated heterocycles. The first kappa shape index (κ1) is 20.1. The zero-order valence-corrected chi connectivity index (χ0v) is 18.1. The van der Waals surface area contributed by atoms with Crippen LogP contribution in [0.3, 0.4) is 0 Å². The third kappa shape index (κ3) is 4.86. The summed E-state index contributed by atoms with van der Waals surface area (Å²) in [6.07, 6.45) is 2.37. The van der Waals surface area contributed by atoms with Crippen molar-refractivity contribution in [2.24, 2.45) is 0 Å². The summed E-state index contributed by atoms with van der Waals surface area (Å²) in [4.78, 5) is 19.1. The van der Waals surface area contributed by atoms with Gasteiger partial charge < -0.3 is 19.9 Å². The number of fused-ring (bicyclic) bond motifs is 1. The number of H-pyrrole nitrogens is 1. The first-order valence-corrected chi connectivity index (χ1v) is 11.2. The number of thiocarbonyl (C=S) groups is 1. The van der Waals surface area contributed by atoms with Crippen molar-refractivity contribution < 1.29 is 4.74 Å². The number of ether oxygens (including phenoxy) is 1. The molecule has 4 rings (SSSR count). The molecule has 1 aliphatic heterocycles. The average Bonchev–Trinajstić information content (AvgIpc) is 3.41. The SMILES string of the molecule is Cc1cccc2cc(CN(Cc3cccs3)C(=S)NC[C@@H]3CCCO3)c(=O)[nH]c12. The number of thiophene rings is 1. The molecule has 0 amide bonds. The Morgan fingerprint density at radius 2 is 2.24 bits per heavy atom. The van der Waals surface area contributed by atoms with Crippen LogP contribution in [0.2, 0.25) is 0 Å². The largest absolute Gasteiger partial charge is 0.376 e. The summed E-state index contributed by atoms with van der Waals surface area (Å²) in [7, 11) is 0. The first-order chi connectivity index (χ1) is 14.1. The van der Waals surface area contributed by atoms with Crippen LogP contribution in [0.4, 0.5) is 0 Å². The molecule has 0 spiro atoms. The average molecular weight is 428 g/mol. The van der Waals surface area contributed by atoms with Crippen molar-refractivity contribution in [3.05, 3.63) is 68.1 Å². The van der Waals surface area contributed by atoms with Gasteiger partial charge in [-0.1, -0.05) is 24.3 Å². The molecule has 2 N–H and O–H groups in total. The second kappa shape index (κ2) is 9.07. The lowest BCUT2D eigenvalue weighted by Crippen LogP contribution is -2.42. The number of hydrogen-bond donors (Lipinski definition) is 2. The summed E-state index contributed by atoms with van der Waals surface area (Å²) in [5, 5.41) is 7.09. The summed E-state index contributed by atoms with van der Waals surface area (Å²) in [6, 6.07) is 12.1. The van der Waals surface area contributed by atoms with Crippen LogP contribution in [0.1, 0.15) is 28.8 Å². The van der Waals surface area contributed by atoms with E-state index in [1.165, 1.54) is 4.88 Å². The lowest BCUT2D eigenvalue weighted by Gasteiger charge is -2.26. The fourth-order valence-corrected chi connectivity index (χ4v) is 4.59. The van der Waals surface area contributed by atoms with Crippen molar-refractivity contribution in [1.82, 2.24) is 15.2 Å². The van der Waals surface area contributed by atoms with Crippen molar-refractivity contribution >= 4 is 39.6 Å². The fourth-order valence-electron chi connectivity index (χ4n) is 3.66. The molecule has 0 radical (unpaired) electrons. The fraction of sp³-hybridized carbons (Fsp3) is 0.364. The van der Waals surface area contributed by atoms with E-state index in [0.717, 1.165) is 35.9 Å². The van der Waals surface area contributed by atoms with Crippen molar-refractivity contribution in [2.45, 2.75) is 39.0 Å². The van der Waals surface area contributed by atoms with Gasteiger partial charge in [-0.05, 0) is 60.4 Å². The normalized spacial score (nSPS) is 16.2. The molecule has 1 aliphatic rings. The lowest BCUT2D eigenvalue weighted by molar-refractivity contribution is 0.113. The molecule has 3 aromatic rings. The molecule has 152 valence electrons. The van der Waals surface area contributed by atoms with Gasteiger partial charge in [0.25, 0.3) is 5.56 Å². The van der Waals surface area contributed by atoms with Crippen LogP contribution in [-0.4, -0.2) is 34.3 Å². The van der Waals surface area contributed by atoms with Gasteiger partial charge in [-0.2, -0.15) is 0 Å². The number of para-hydroxylation sites is 1. The van der Waals surface area contributed by atoms with Crippen LogP contribution >= 0.6 is 23.6 Å². The van der Waals surface area contributed by atoms with E-state index in [9.17, 15) is 4.79 Å². The Hall–Kier alpha value is -2.22. The third-order valence-corrected chi connectivity index (χ3v) is 6.51. The van der Waals surface area contributed by atoms with Crippen molar-refractivity contribution in [1.29, 1.82) is 0 Å². The third-order valence-electron chi connectivity index (χ3n) is 5.25. The van der Waals surface area contributed by atoms with Crippen LogP contribution in [-0.2, 0) is 17.8 Å². The molecule has 0 bridgehead atoms. The predicted molar refractivity (Wildman–Crippen MR) is 122 cm³/mol. The number of aryl methyl sites for hydroxylation is 1. The number of hydrogen-bond acceptors (Lipinski definition) is 4. The summed E-state index contributed by atoms with van der Waals surface area (Å²) in [5.41, 5.74) is 2.60. The predicted octanol–water partition coefficient (Wildman–Crippen LogP) is 3.95. The van der Waals surface area contributed by atoms with Crippen LogP contribution in [0.15, 0.2) is 46.6 Å². The number of nitrogens with one attached hydrogen (secondary N) is 2. The highest BCUT2D eigenvalue weighted by atomic mass is 32.1. The monoisotopic (exact) mass is 427 g/mol. The molecule has 7 heteroatoms. The zero-order chi connectivity index (χ0) is 20.2. The highest BCUT2D eigenvalue weighted by molar-refractivity contribution is 7.80. The Bertz CT molecular complexity index is 1040. The van der Waals surface area contributed by atoms with E-state index in [1.54, 1.807) is 11.3 Å². The standard InChI is InChI=1S/C22H25N3O2S2/c1-15-5-2-6-16-11-17(21(26)24-20(15)16)13-25(14-19-8-4-10-29-19)22(28)23-12-18-7-3-9-27-18/h2,4-6,8,10-11,18H,3,7,9,12-14H2,1H3,(H,23,28)(H,24,26)/t18-/m0/s1. The summed E-state index contributed by atoms with van der Waals surface area (Å²) in [5.74, 6) is 0. The van der Waals surface area contributed by atoms with E-state index >= 15 is 0 Å². The number of pyridine rings is 1. The summed E-state index contributed by atoms with van der Waals surface area (Å²) >= 11 is 7.39. The molecule has 0 unspecified atom stereocenters. The van der Waals surface area contributed by atoms with E-state index in [1.807, 2.05) is 37.3 Å². The van der Waals surface area contributed by atoms with Gasteiger partial charge in [-0.25, -0.2) is 0 Å². The van der Waals surface area contributed by atoms with Gasteiger partial charge in [0, 0.05) is 23.6 Å². The summed E-state index contributed by atoms with van der Waals surface area (Å²) < 4.78 is 5.69. The summed E-state index contributed by atoms with van der Waals surface area (Å²) in [6.45, 7) is 4.65. The molecule has 0 aliphatic carbocycles. The van der Waals surface area contributed by atoms with E-state index in [0.29, 0.717) is 30.3 Å². The topological polar surface area (TPSA) is 57.4 Å². The van der Waals surface area contributed by atoms with Gasteiger partial charge >= 0.3 is 0 Å². The molecule has 1 aromatic carbocycles. The molecule has 0 saturated carbocycles. The highest BCUT2D eigenvalue weighted by Gasteiger charge is 2.19. The lowest BCUT2D eigenvalue weighted by atomic mass is 10.1. The molecule has 1 fully saturated rings. The van der Waals surface area contributed by atoms with Crippen LogP contribution < -0.4 is 10.9 Å². The number of nitrogens with zero attached hydrogens (tertiary/aromatic N) is 1. The highest BCUT2D eigenvalue weighted by Crippen LogP contribution is 2.18. The van der Waals surface area contributed by atoms with Gasteiger partial charge in [0.05, 0.1) is 24.7 Å². The van der Waals surface area contributed by atoms with Crippen molar-refractivity contribution in [2.75, 3.05) is 13.2 Å². The maximum atomic E-state index is 12.7. The molecular formula is C22H25N3O2S2. The first-order valence-electron chi connectivity index (χ1n) is 9.88. The molecular weight excluding hydrogens is 402 g/mol. The number of aromatic amines is 1. The van der Waals surface area contributed by atoms with Crippen LogP contribution in [0, 0.1) is 6.92 Å². The van der Waals surface area contributed by atoms with E-state index in [4.69, 9.17) is 17.0 Å². The Kier molecular flexibility index (Phi) is 6.28. The van der Waals surface area contributed by atoms with Gasteiger partial charge in [-0.3, -0.25) is 4.79 Å². The molecule has 2 aromatic heterocycles. The number of aromatic nitrogens is 1. The zero-order valence-electron chi connectivity index (χ0n) is 16.4. The number of benzene rings is 1. The van der Waals surface area contributed by atoms with Crippen LogP contribution in [0.25, 0.3) is 10.9 Å². The van der Waals surface area contributed by atoms with E-state index in [-0.39, 0.29) is 11.7 Å². The molecule has 29 heavy (non-hydrogen) atoms. The van der Waals surface area contributed by atoms with Crippen molar-refractivity contribution in [3.63, 3.8) is 0 Å². The van der Waals surface area contributed by atoms with Gasteiger partial charge in [0.2, 0.25) is 0 Å². The Labute approximate surface area is 179 Å². The Balaban J connectivity index is 1.55. The smallest absolute Gasteiger partial charge is 0.253 e. The quantitative estimate of drug-likeness (QED) is 0.584. The van der Waals surface area contributed by atoms with Gasteiger partial charge in [0.15, 0.2) is 5.11 Å². The second-order valence-corrected chi connectivity index (χ2v) is 8.84. The van der Waals surface area contributed by atoms with Crippen molar-refractivity contribution in [3.8, 4) is 0 Å². The minimum atomic E-state index is -0.0649. The van der Waals surface area contributed by atoms with Crippen LogP contribution in [0.5, 0.6) is 0 Å². The maximum Gasteiger partial charge on any atom is 0.253 e. The Morgan fingerprint density at radius 3 is 3.00 bits per heavy atom. The van der Waals surface area contributed by atoms with Gasteiger partial charge in [0.1, 0.15) is 0 Å². The van der Waals surface area contributed by atoms with E-state index in [2.05, 4.69) is 26.6 Å². The minimum Gasteiger partial charge on any atom is -0.376 e. The molecule has 5 nitrogen and oxygen atoms in total. The minimum absolute atomic E-state index is 0.0649.